The molecule has 0 aliphatic carbocycles. The van der Waals surface area contributed by atoms with Crippen molar-refractivity contribution < 1.29 is 0 Å². The topological polar surface area (TPSA) is 24.9 Å². The van der Waals surface area contributed by atoms with Crippen molar-refractivity contribution in [3.63, 3.8) is 0 Å². The van der Waals surface area contributed by atoms with E-state index < -0.39 is 0 Å². The van der Waals surface area contributed by atoms with Gasteiger partial charge in [-0.2, -0.15) is 0 Å². The number of rotatable bonds is 2. The second-order valence-corrected chi connectivity index (χ2v) is 6.48. The maximum atomic E-state index is 4.86. The number of nitrogens with one attached hydrogen (secondary N) is 1. The largest absolute Gasteiger partial charge is 0.316 e. The van der Waals surface area contributed by atoms with Gasteiger partial charge in [0.1, 0.15) is 0 Å². The third-order valence-corrected chi connectivity index (χ3v) is 5.06. The summed E-state index contributed by atoms with van der Waals surface area (Å²) in [5.74, 6) is 0.778. The lowest BCUT2D eigenvalue weighted by Crippen LogP contribution is -2.30. The van der Waals surface area contributed by atoms with Crippen LogP contribution in [0.4, 0.5) is 0 Å². The minimum absolute atomic E-state index is 0.778. The molecule has 1 atom stereocenters. The van der Waals surface area contributed by atoms with Gasteiger partial charge in [0.25, 0.3) is 0 Å². The summed E-state index contributed by atoms with van der Waals surface area (Å²) in [6.07, 6.45) is 3.81. The monoisotopic (exact) mass is 260 g/mol. The number of hydrogen-bond acceptors (Lipinski definition) is 3. The van der Waals surface area contributed by atoms with Gasteiger partial charge in [0.2, 0.25) is 0 Å². The van der Waals surface area contributed by atoms with Gasteiger partial charge in [-0.15, -0.1) is 11.3 Å². The number of benzene rings is 1. The maximum Gasteiger partial charge on any atom is 0.0942 e. The summed E-state index contributed by atoms with van der Waals surface area (Å²) in [6, 6.07) is 4.39. The van der Waals surface area contributed by atoms with Crippen LogP contribution < -0.4 is 5.32 Å². The van der Waals surface area contributed by atoms with Crippen LogP contribution in [0.25, 0.3) is 10.2 Å². The summed E-state index contributed by atoms with van der Waals surface area (Å²) in [7, 11) is 0. The molecule has 0 saturated carbocycles. The van der Waals surface area contributed by atoms with Crippen molar-refractivity contribution >= 4 is 21.6 Å². The highest BCUT2D eigenvalue weighted by molar-refractivity contribution is 7.18. The highest BCUT2D eigenvalue weighted by Gasteiger charge is 2.16. The number of nitrogens with zero attached hydrogens (tertiary/aromatic N) is 1. The molecule has 1 aromatic carbocycles. The Labute approximate surface area is 112 Å². The van der Waals surface area contributed by atoms with Crippen LogP contribution in [0.15, 0.2) is 12.1 Å². The predicted octanol–water partition coefficient (Wildman–Crippen LogP) is 3.46. The van der Waals surface area contributed by atoms with E-state index in [2.05, 4.69) is 31.3 Å². The van der Waals surface area contributed by atoms with Crippen LogP contribution in [-0.4, -0.2) is 18.1 Å². The van der Waals surface area contributed by atoms with E-state index in [0.29, 0.717) is 0 Å². The van der Waals surface area contributed by atoms with Crippen molar-refractivity contribution in [3.8, 4) is 0 Å². The molecule has 18 heavy (non-hydrogen) atoms. The Bertz CT molecular complexity index is 514. The van der Waals surface area contributed by atoms with Crippen molar-refractivity contribution in [1.82, 2.24) is 10.3 Å². The number of thiazole rings is 1. The van der Waals surface area contributed by atoms with Crippen molar-refractivity contribution in [2.45, 2.75) is 33.1 Å². The van der Waals surface area contributed by atoms with Gasteiger partial charge in [0, 0.05) is 6.42 Å². The van der Waals surface area contributed by atoms with Gasteiger partial charge in [-0.25, -0.2) is 4.98 Å². The Morgan fingerprint density at radius 2 is 2.17 bits per heavy atom. The first-order valence-corrected chi connectivity index (χ1v) is 7.62. The Morgan fingerprint density at radius 3 is 2.89 bits per heavy atom. The van der Waals surface area contributed by atoms with E-state index in [1.54, 1.807) is 0 Å². The summed E-state index contributed by atoms with van der Waals surface area (Å²) in [5, 5.41) is 4.80. The minimum Gasteiger partial charge on any atom is -0.316 e. The van der Waals surface area contributed by atoms with Gasteiger partial charge in [-0.1, -0.05) is 12.1 Å². The highest BCUT2D eigenvalue weighted by atomic mass is 32.1. The predicted molar refractivity (Wildman–Crippen MR) is 78.4 cm³/mol. The molecule has 3 heteroatoms. The molecular formula is C15H20N2S. The molecule has 1 fully saturated rings. The molecular weight excluding hydrogens is 240 g/mol. The number of hydrogen-bond donors (Lipinski definition) is 1. The fourth-order valence-electron chi connectivity index (χ4n) is 2.74. The molecule has 0 spiro atoms. The quantitative estimate of drug-likeness (QED) is 0.894. The molecule has 1 aliphatic rings. The van der Waals surface area contributed by atoms with E-state index in [1.807, 2.05) is 11.3 Å². The third-order valence-electron chi connectivity index (χ3n) is 3.85. The van der Waals surface area contributed by atoms with Gasteiger partial charge < -0.3 is 5.32 Å². The van der Waals surface area contributed by atoms with Crippen LogP contribution >= 0.6 is 11.3 Å². The first kappa shape index (κ1) is 12.1. The Kier molecular flexibility index (Phi) is 3.35. The lowest BCUT2D eigenvalue weighted by atomic mass is 9.97. The van der Waals surface area contributed by atoms with Crippen molar-refractivity contribution in [3.05, 3.63) is 28.3 Å². The zero-order chi connectivity index (χ0) is 12.5. The van der Waals surface area contributed by atoms with Crippen molar-refractivity contribution in [2.24, 2.45) is 5.92 Å². The van der Waals surface area contributed by atoms with E-state index in [-0.39, 0.29) is 0 Å². The first-order chi connectivity index (χ1) is 8.74. The molecule has 0 amide bonds. The van der Waals surface area contributed by atoms with Crippen LogP contribution in [0.2, 0.25) is 0 Å². The van der Waals surface area contributed by atoms with Gasteiger partial charge in [0.15, 0.2) is 0 Å². The van der Waals surface area contributed by atoms with E-state index in [0.717, 1.165) is 18.9 Å². The normalized spacial score (nSPS) is 20.4. The summed E-state index contributed by atoms with van der Waals surface area (Å²) < 4.78 is 1.38. The zero-order valence-corrected chi connectivity index (χ0v) is 11.9. The Hall–Kier alpha value is -0.930. The molecule has 0 radical (unpaired) electrons. The van der Waals surface area contributed by atoms with E-state index >= 15 is 0 Å². The van der Waals surface area contributed by atoms with E-state index in [4.69, 9.17) is 4.98 Å². The van der Waals surface area contributed by atoms with E-state index in [1.165, 1.54) is 45.7 Å². The summed E-state index contributed by atoms with van der Waals surface area (Å²) in [5.41, 5.74) is 3.89. The average Bonchev–Trinajstić information content (AvgIpc) is 2.80. The van der Waals surface area contributed by atoms with Gasteiger partial charge in [-0.3, -0.25) is 0 Å². The highest BCUT2D eigenvalue weighted by Crippen LogP contribution is 2.30. The molecule has 96 valence electrons. The standard InChI is InChI=1S/C15H20N2S/c1-10-5-6-11(2)15-14(10)17-13(18-15)8-12-4-3-7-16-9-12/h5-6,12,16H,3-4,7-9H2,1-2H3. The number of fused-ring (bicyclic) bond motifs is 1. The fourth-order valence-corrected chi connectivity index (χ4v) is 3.96. The van der Waals surface area contributed by atoms with Crippen molar-refractivity contribution in [1.29, 1.82) is 0 Å². The fraction of sp³-hybridized carbons (Fsp3) is 0.533. The summed E-state index contributed by atoms with van der Waals surface area (Å²) >= 11 is 1.89. The number of piperidine rings is 1. The lowest BCUT2D eigenvalue weighted by molar-refractivity contribution is 0.376. The second kappa shape index (κ2) is 4.98. The molecule has 1 saturated heterocycles. The SMILES string of the molecule is Cc1ccc(C)c2sc(CC3CCCNC3)nc12. The maximum absolute atomic E-state index is 4.86. The van der Waals surface area contributed by atoms with E-state index in [9.17, 15) is 0 Å². The first-order valence-electron chi connectivity index (χ1n) is 6.80. The molecule has 1 aromatic heterocycles. The van der Waals surface area contributed by atoms with Crippen molar-refractivity contribution in [2.75, 3.05) is 13.1 Å². The molecule has 1 aliphatic heterocycles. The Balaban J connectivity index is 1.88. The third kappa shape index (κ3) is 2.29. The van der Waals surface area contributed by atoms with Crippen LogP contribution in [0.3, 0.4) is 0 Å². The summed E-state index contributed by atoms with van der Waals surface area (Å²) in [6.45, 7) is 6.70. The molecule has 1 unspecified atom stereocenters. The van der Waals surface area contributed by atoms with Crippen LogP contribution in [0.1, 0.15) is 29.0 Å². The molecule has 0 bridgehead atoms. The van der Waals surface area contributed by atoms with Gasteiger partial charge in [0.05, 0.1) is 15.2 Å². The zero-order valence-electron chi connectivity index (χ0n) is 11.1. The molecule has 3 rings (SSSR count). The number of aromatic nitrogens is 1. The number of aryl methyl sites for hydroxylation is 2. The Morgan fingerprint density at radius 1 is 1.33 bits per heavy atom. The van der Waals surface area contributed by atoms with Crippen LogP contribution in [0, 0.1) is 19.8 Å². The molecule has 2 heterocycles. The molecule has 2 nitrogen and oxygen atoms in total. The van der Waals surface area contributed by atoms with Gasteiger partial charge in [-0.05, 0) is 56.8 Å². The van der Waals surface area contributed by atoms with Crippen LogP contribution in [0.5, 0.6) is 0 Å². The lowest BCUT2D eigenvalue weighted by Gasteiger charge is -2.21. The summed E-state index contributed by atoms with van der Waals surface area (Å²) in [4.78, 5) is 4.86. The smallest absolute Gasteiger partial charge is 0.0942 e. The second-order valence-electron chi connectivity index (χ2n) is 5.40. The van der Waals surface area contributed by atoms with Gasteiger partial charge >= 0.3 is 0 Å². The van der Waals surface area contributed by atoms with Crippen LogP contribution in [-0.2, 0) is 6.42 Å². The average molecular weight is 260 g/mol. The molecule has 1 N–H and O–H groups in total. The molecule has 2 aromatic rings. The minimum atomic E-state index is 0.778.